The van der Waals surface area contributed by atoms with Gasteiger partial charge in [0.15, 0.2) is 0 Å². The summed E-state index contributed by atoms with van der Waals surface area (Å²) >= 11 is 0. The summed E-state index contributed by atoms with van der Waals surface area (Å²) in [4.78, 5) is 34.0. The molecule has 24 heavy (non-hydrogen) atoms. The Kier molecular flexibility index (Phi) is 3.60. The van der Waals surface area contributed by atoms with Crippen molar-refractivity contribution in [3.63, 3.8) is 0 Å². The molecule has 0 aliphatic carbocycles. The number of H-pyrrole nitrogens is 1. The Morgan fingerprint density at radius 2 is 2.17 bits per heavy atom. The predicted molar refractivity (Wildman–Crippen MR) is 88.6 cm³/mol. The first-order valence-corrected chi connectivity index (χ1v) is 7.99. The van der Waals surface area contributed by atoms with Crippen LogP contribution in [0.1, 0.15) is 23.2 Å². The number of nitrogens with one attached hydrogen (secondary N) is 1. The number of pyridine rings is 1. The molecule has 4 heterocycles. The minimum atomic E-state index is -0.145. The molecule has 1 saturated heterocycles. The Labute approximate surface area is 137 Å². The molecule has 1 amide bonds. The molecule has 0 spiro atoms. The van der Waals surface area contributed by atoms with E-state index in [2.05, 4.69) is 15.1 Å². The number of amides is 1. The number of carbonyl (C=O) groups is 1. The molecule has 4 rings (SSSR count). The maximum Gasteiger partial charge on any atom is 0.266 e. The summed E-state index contributed by atoms with van der Waals surface area (Å²) in [6.07, 6.45) is 6.79. The average molecular weight is 323 g/mol. The van der Waals surface area contributed by atoms with E-state index in [9.17, 15) is 9.59 Å². The molecule has 7 heteroatoms. The van der Waals surface area contributed by atoms with Gasteiger partial charge < -0.3 is 9.88 Å². The van der Waals surface area contributed by atoms with Gasteiger partial charge in [0.2, 0.25) is 0 Å². The molecule has 1 fully saturated rings. The molecule has 0 bridgehead atoms. The molecule has 122 valence electrons. The quantitative estimate of drug-likeness (QED) is 0.790. The van der Waals surface area contributed by atoms with Crippen molar-refractivity contribution in [1.29, 1.82) is 0 Å². The van der Waals surface area contributed by atoms with Crippen molar-refractivity contribution in [3.8, 4) is 0 Å². The van der Waals surface area contributed by atoms with Gasteiger partial charge in [-0.2, -0.15) is 5.10 Å². The highest BCUT2D eigenvalue weighted by Gasteiger charge is 2.31. The van der Waals surface area contributed by atoms with Gasteiger partial charge in [0.1, 0.15) is 5.65 Å². The van der Waals surface area contributed by atoms with E-state index in [1.807, 2.05) is 17.0 Å². The summed E-state index contributed by atoms with van der Waals surface area (Å²) in [6, 6.07) is 6.79. The lowest BCUT2D eigenvalue weighted by molar-refractivity contribution is 0.0722. The maximum atomic E-state index is 13.0. The van der Waals surface area contributed by atoms with E-state index in [0.717, 1.165) is 18.2 Å². The Morgan fingerprint density at radius 3 is 3.04 bits per heavy atom. The van der Waals surface area contributed by atoms with Gasteiger partial charge in [0.05, 0.1) is 18.2 Å². The minimum Gasteiger partial charge on any atom is -0.345 e. The summed E-state index contributed by atoms with van der Waals surface area (Å²) in [7, 11) is 0. The summed E-state index contributed by atoms with van der Waals surface area (Å²) in [5.41, 5.74) is 1.18. The van der Waals surface area contributed by atoms with Crippen LogP contribution in [-0.2, 0) is 6.54 Å². The molecular formula is C17H17N5O2. The first kappa shape index (κ1) is 14.6. The standard InChI is InChI=1S/C17H17N5O2/c23-15-6-2-8-20-22(15)11-12-4-3-9-21(12)17(24)14-10-19-16-13(14)5-1-7-18-16/h1-2,5-8,10,12H,3-4,9,11H2,(H,18,19). The Hall–Kier alpha value is -2.96. The number of fused-ring (bicyclic) bond motifs is 1. The van der Waals surface area contributed by atoms with Crippen LogP contribution in [0.4, 0.5) is 0 Å². The van der Waals surface area contributed by atoms with Gasteiger partial charge in [0.25, 0.3) is 11.5 Å². The first-order chi connectivity index (χ1) is 11.7. The van der Waals surface area contributed by atoms with Crippen molar-refractivity contribution in [2.24, 2.45) is 0 Å². The van der Waals surface area contributed by atoms with Crippen LogP contribution < -0.4 is 5.56 Å². The van der Waals surface area contributed by atoms with E-state index in [-0.39, 0.29) is 17.5 Å². The average Bonchev–Trinajstić information content (AvgIpc) is 3.23. The van der Waals surface area contributed by atoms with Crippen LogP contribution in [-0.4, -0.2) is 43.1 Å². The topological polar surface area (TPSA) is 83.9 Å². The minimum absolute atomic E-state index is 0.0216. The van der Waals surface area contributed by atoms with E-state index in [1.165, 1.54) is 10.7 Å². The van der Waals surface area contributed by atoms with E-state index < -0.39 is 0 Å². The lowest BCUT2D eigenvalue weighted by Crippen LogP contribution is -2.40. The summed E-state index contributed by atoms with van der Waals surface area (Å²) < 4.78 is 1.42. The fourth-order valence-electron chi connectivity index (χ4n) is 3.30. The molecule has 3 aromatic rings. The van der Waals surface area contributed by atoms with E-state index in [0.29, 0.717) is 24.3 Å². The van der Waals surface area contributed by atoms with Crippen molar-refractivity contribution < 1.29 is 4.79 Å². The highest BCUT2D eigenvalue weighted by atomic mass is 16.2. The maximum absolute atomic E-state index is 13.0. The Bertz CT molecular complexity index is 945. The molecular weight excluding hydrogens is 306 g/mol. The third-order valence-corrected chi connectivity index (χ3v) is 4.49. The van der Waals surface area contributed by atoms with Gasteiger partial charge in [-0.3, -0.25) is 9.59 Å². The molecule has 1 aliphatic heterocycles. The number of carbonyl (C=O) groups excluding carboxylic acids is 1. The van der Waals surface area contributed by atoms with Crippen LogP contribution in [0.25, 0.3) is 11.0 Å². The van der Waals surface area contributed by atoms with Crippen LogP contribution >= 0.6 is 0 Å². The van der Waals surface area contributed by atoms with Crippen LogP contribution in [0.5, 0.6) is 0 Å². The van der Waals surface area contributed by atoms with Gasteiger partial charge in [0, 0.05) is 36.6 Å². The molecule has 3 aromatic heterocycles. The number of likely N-dealkylation sites (tertiary alicyclic amines) is 1. The van der Waals surface area contributed by atoms with Crippen molar-refractivity contribution in [1.82, 2.24) is 24.6 Å². The van der Waals surface area contributed by atoms with Crippen LogP contribution in [0.2, 0.25) is 0 Å². The second-order valence-electron chi connectivity index (χ2n) is 5.94. The number of rotatable bonds is 3. The fourth-order valence-corrected chi connectivity index (χ4v) is 3.30. The van der Waals surface area contributed by atoms with E-state index in [4.69, 9.17) is 0 Å². The van der Waals surface area contributed by atoms with Crippen molar-refractivity contribution >= 4 is 16.9 Å². The smallest absolute Gasteiger partial charge is 0.266 e. The van der Waals surface area contributed by atoms with Crippen LogP contribution in [0, 0.1) is 0 Å². The highest BCUT2D eigenvalue weighted by Crippen LogP contribution is 2.24. The van der Waals surface area contributed by atoms with Gasteiger partial charge in [-0.05, 0) is 31.0 Å². The molecule has 1 aliphatic rings. The third kappa shape index (κ3) is 2.47. The zero-order chi connectivity index (χ0) is 16.5. The molecule has 1 unspecified atom stereocenters. The molecule has 0 saturated carbocycles. The summed E-state index contributed by atoms with van der Waals surface area (Å²) in [5.74, 6) is -0.0271. The second-order valence-corrected chi connectivity index (χ2v) is 5.94. The molecule has 1 atom stereocenters. The normalized spacial score (nSPS) is 17.5. The number of aromatic amines is 1. The van der Waals surface area contributed by atoms with Gasteiger partial charge in [-0.15, -0.1) is 0 Å². The molecule has 1 N–H and O–H groups in total. The molecule has 7 nitrogen and oxygen atoms in total. The van der Waals surface area contributed by atoms with Gasteiger partial charge >= 0.3 is 0 Å². The van der Waals surface area contributed by atoms with Gasteiger partial charge in [-0.1, -0.05) is 0 Å². The molecule has 0 radical (unpaired) electrons. The lowest BCUT2D eigenvalue weighted by Gasteiger charge is -2.24. The van der Waals surface area contributed by atoms with Gasteiger partial charge in [-0.25, -0.2) is 9.67 Å². The second kappa shape index (κ2) is 5.92. The van der Waals surface area contributed by atoms with Crippen LogP contribution in [0.3, 0.4) is 0 Å². The number of hydrogen-bond donors (Lipinski definition) is 1. The Morgan fingerprint density at radius 1 is 1.29 bits per heavy atom. The molecule has 0 aromatic carbocycles. The highest BCUT2D eigenvalue weighted by molar-refractivity contribution is 6.06. The predicted octanol–water partition coefficient (Wildman–Crippen LogP) is 1.42. The number of nitrogens with zero attached hydrogens (tertiary/aromatic N) is 4. The largest absolute Gasteiger partial charge is 0.345 e. The van der Waals surface area contributed by atoms with Crippen molar-refractivity contribution in [2.45, 2.75) is 25.4 Å². The first-order valence-electron chi connectivity index (χ1n) is 7.99. The summed E-state index contributed by atoms with van der Waals surface area (Å²) in [5, 5.41) is 4.92. The van der Waals surface area contributed by atoms with Crippen molar-refractivity contribution in [2.75, 3.05) is 6.54 Å². The Balaban J connectivity index is 1.62. The zero-order valence-electron chi connectivity index (χ0n) is 13.1. The SMILES string of the molecule is O=C(c1c[nH]c2ncccc12)N1CCCC1Cn1ncccc1=O. The zero-order valence-corrected chi connectivity index (χ0v) is 13.1. The van der Waals surface area contributed by atoms with Crippen LogP contribution in [0.15, 0.2) is 47.7 Å². The summed E-state index contributed by atoms with van der Waals surface area (Å²) in [6.45, 7) is 1.12. The fraction of sp³-hybridized carbons (Fsp3) is 0.294. The van der Waals surface area contributed by atoms with Crippen molar-refractivity contribution in [3.05, 3.63) is 58.8 Å². The number of aromatic nitrogens is 4. The monoisotopic (exact) mass is 323 g/mol. The van der Waals surface area contributed by atoms with E-state index in [1.54, 1.807) is 24.7 Å². The lowest BCUT2D eigenvalue weighted by atomic mass is 10.1. The van der Waals surface area contributed by atoms with E-state index >= 15 is 0 Å². The number of hydrogen-bond acceptors (Lipinski definition) is 4. The third-order valence-electron chi connectivity index (χ3n) is 4.49.